The Hall–Kier alpha value is -1.51. The van der Waals surface area contributed by atoms with Crippen molar-refractivity contribution in [1.82, 2.24) is 4.57 Å². The van der Waals surface area contributed by atoms with E-state index >= 15 is 0 Å². The molecule has 0 atom stereocenters. The van der Waals surface area contributed by atoms with E-state index in [-0.39, 0.29) is 12.0 Å². The fraction of sp³-hybridized carbons (Fsp3) is 0.500. The summed E-state index contributed by atoms with van der Waals surface area (Å²) in [6.45, 7) is 0. The van der Waals surface area contributed by atoms with Crippen LogP contribution in [0.3, 0.4) is 0 Å². The van der Waals surface area contributed by atoms with Gasteiger partial charge in [-0.1, -0.05) is 0 Å². The van der Waals surface area contributed by atoms with E-state index in [0.29, 0.717) is 18.5 Å². The molecule has 0 amide bonds. The number of Topliss-reactive ketones (excluding diaryl/α,β-unsaturated/α-hetero) is 1. The SMILES string of the molecule is Cn1cc(OS(=O)(=O)C(F)(F)F)c2c1CCCC2=O. The van der Waals surface area contributed by atoms with Crippen molar-refractivity contribution in [2.24, 2.45) is 7.05 Å². The molecular formula is C10H10F3NO4S. The number of hydrogen-bond donors (Lipinski definition) is 0. The van der Waals surface area contributed by atoms with Gasteiger partial charge in [0, 0.05) is 25.4 Å². The summed E-state index contributed by atoms with van der Waals surface area (Å²) in [5.74, 6) is -0.964. The highest BCUT2D eigenvalue weighted by molar-refractivity contribution is 7.88. The molecule has 1 aliphatic rings. The molecule has 106 valence electrons. The molecule has 0 saturated carbocycles. The Morgan fingerprint density at radius 2 is 1.95 bits per heavy atom. The van der Waals surface area contributed by atoms with Crippen LogP contribution < -0.4 is 4.18 Å². The highest BCUT2D eigenvalue weighted by Crippen LogP contribution is 2.34. The van der Waals surface area contributed by atoms with E-state index in [9.17, 15) is 26.4 Å². The predicted octanol–water partition coefficient (Wildman–Crippen LogP) is 1.77. The minimum absolute atomic E-state index is 0.0680. The van der Waals surface area contributed by atoms with Crippen LogP contribution in [0.1, 0.15) is 28.9 Å². The van der Waals surface area contributed by atoms with Gasteiger partial charge in [0.2, 0.25) is 0 Å². The Bertz CT molecular complexity index is 630. The predicted molar refractivity (Wildman–Crippen MR) is 58.3 cm³/mol. The Kier molecular flexibility index (Phi) is 3.12. The van der Waals surface area contributed by atoms with Gasteiger partial charge in [0.15, 0.2) is 11.5 Å². The maximum Gasteiger partial charge on any atom is 0.534 e. The largest absolute Gasteiger partial charge is 0.534 e. The Balaban J connectivity index is 2.46. The van der Waals surface area contributed by atoms with Crippen molar-refractivity contribution in [2.45, 2.75) is 24.8 Å². The van der Waals surface area contributed by atoms with Crippen molar-refractivity contribution < 1.29 is 30.6 Å². The molecule has 0 unspecified atom stereocenters. The first-order valence-corrected chi connectivity index (χ1v) is 6.76. The third kappa shape index (κ3) is 2.34. The van der Waals surface area contributed by atoms with Crippen LogP contribution in [0.2, 0.25) is 0 Å². The van der Waals surface area contributed by atoms with Crippen molar-refractivity contribution >= 4 is 15.9 Å². The van der Waals surface area contributed by atoms with Gasteiger partial charge in [0.25, 0.3) is 0 Å². The van der Waals surface area contributed by atoms with Crippen molar-refractivity contribution in [3.8, 4) is 5.75 Å². The van der Waals surface area contributed by atoms with Gasteiger partial charge in [-0.25, -0.2) is 0 Å². The second-order valence-electron chi connectivity index (χ2n) is 4.19. The fourth-order valence-corrected chi connectivity index (χ4v) is 2.46. The molecule has 0 aliphatic heterocycles. The number of rotatable bonds is 2. The van der Waals surface area contributed by atoms with Crippen molar-refractivity contribution in [3.05, 3.63) is 17.5 Å². The number of aryl methyl sites for hydroxylation is 1. The number of nitrogens with zero attached hydrogens (tertiary/aromatic N) is 1. The summed E-state index contributed by atoms with van der Waals surface area (Å²) in [6, 6.07) is 0. The number of carbonyl (C=O) groups is 1. The molecule has 0 fully saturated rings. The van der Waals surface area contributed by atoms with Gasteiger partial charge < -0.3 is 8.75 Å². The first kappa shape index (κ1) is 13.9. The van der Waals surface area contributed by atoms with Gasteiger partial charge in [-0.05, 0) is 12.8 Å². The average Bonchev–Trinajstić information content (AvgIpc) is 2.55. The molecule has 2 rings (SSSR count). The first-order valence-electron chi connectivity index (χ1n) is 5.35. The molecule has 1 heterocycles. The molecule has 0 bridgehead atoms. The van der Waals surface area contributed by atoms with Gasteiger partial charge in [-0.3, -0.25) is 4.79 Å². The van der Waals surface area contributed by atoms with Crippen molar-refractivity contribution in [1.29, 1.82) is 0 Å². The lowest BCUT2D eigenvalue weighted by atomic mass is 9.96. The van der Waals surface area contributed by atoms with Crippen molar-refractivity contribution in [3.63, 3.8) is 0 Å². The third-order valence-corrected chi connectivity index (χ3v) is 3.82. The van der Waals surface area contributed by atoms with Gasteiger partial charge in [0.1, 0.15) is 0 Å². The van der Waals surface area contributed by atoms with E-state index in [0.717, 1.165) is 6.20 Å². The van der Waals surface area contributed by atoms with E-state index in [1.165, 1.54) is 11.6 Å². The zero-order valence-electron chi connectivity index (χ0n) is 9.82. The lowest BCUT2D eigenvalue weighted by Gasteiger charge is -2.13. The van der Waals surface area contributed by atoms with E-state index in [2.05, 4.69) is 4.18 Å². The summed E-state index contributed by atoms with van der Waals surface area (Å²) in [4.78, 5) is 11.7. The van der Waals surface area contributed by atoms with Crippen LogP contribution in [0.15, 0.2) is 6.20 Å². The van der Waals surface area contributed by atoms with Crippen LogP contribution >= 0.6 is 0 Å². The Morgan fingerprint density at radius 3 is 2.53 bits per heavy atom. The highest BCUT2D eigenvalue weighted by atomic mass is 32.2. The van der Waals surface area contributed by atoms with Gasteiger partial charge in [-0.15, -0.1) is 0 Å². The lowest BCUT2D eigenvalue weighted by Crippen LogP contribution is -2.28. The van der Waals surface area contributed by atoms with Gasteiger partial charge >= 0.3 is 15.6 Å². The minimum Gasteiger partial charge on any atom is -0.374 e. The smallest absolute Gasteiger partial charge is 0.374 e. The molecule has 1 aliphatic carbocycles. The molecule has 0 N–H and O–H groups in total. The average molecular weight is 297 g/mol. The zero-order valence-corrected chi connectivity index (χ0v) is 10.6. The summed E-state index contributed by atoms with van der Waals surface area (Å²) < 4.78 is 64.1. The van der Waals surface area contributed by atoms with Crippen LogP contribution in [0.25, 0.3) is 0 Å². The summed E-state index contributed by atoms with van der Waals surface area (Å²) in [7, 11) is -4.24. The molecule has 0 saturated heterocycles. The minimum atomic E-state index is -5.76. The third-order valence-electron chi connectivity index (χ3n) is 2.85. The van der Waals surface area contributed by atoms with Gasteiger partial charge in [-0.2, -0.15) is 21.6 Å². The standard InChI is InChI=1S/C10H10F3NO4S/c1-14-5-8(18-19(16,17)10(11,12)13)9-6(14)3-2-4-7(9)15/h5H,2-4H2,1H3. The summed E-state index contributed by atoms with van der Waals surface area (Å²) in [5, 5.41) is 0. The van der Waals surface area contributed by atoms with E-state index in [1.54, 1.807) is 0 Å². The Labute approximate surface area is 107 Å². The topological polar surface area (TPSA) is 65.4 Å². The molecule has 9 heteroatoms. The van der Waals surface area contributed by atoms with Gasteiger partial charge in [0.05, 0.1) is 5.56 Å². The van der Waals surface area contributed by atoms with Crippen LogP contribution in [0, 0.1) is 0 Å². The molecular weight excluding hydrogens is 287 g/mol. The van der Waals surface area contributed by atoms with E-state index in [4.69, 9.17) is 0 Å². The number of alkyl halides is 3. The zero-order chi connectivity index (χ0) is 14.4. The molecule has 5 nitrogen and oxygen atoms in total. The number of hydrogen-bond acceptors (Lipinski definition) is 4. The maximum absolute atomic E-state index is 12.3. The van der Waals surface area contributed by atoms with Crippen LogP contribution in [0.5, 0.6) is 5.75 Å². The summed E-state index contributed by atoms with van der Waals surface area (Å²) in [6.07, 6.45) is 2.32. The van der Waals surface area contributed by atoms with Crippen LogP contribution in [0.4, 0.5) is 13.2 Å². The second-order valence-corrected chi connectivity index (χ2v) is 5.72. The number of aromatic nitrogens is 1. The Morgan fingerprint density at radius 1 is 1.32 bits per heavy atom. The summed E-state index contributed by atoms with van der Waals surface area (Å²) >= 11 is 0. The quantitative estimate of drug-likeness (QED) is 0.616. The summed E-state index contributed by atoms with van der Waals surface area (Å²) in [5.41, 5.74) is -5.10. The normalized spacial score (nSPS) is 16.3. The van der Waals surface area contributed by atoms with Crippen LogP contribution in [-0.2, 0) is 23.6 Å². The molecule has 0 radical (unpaired) electrons. The van der Waals surface area contributed by atoms with Crippen molar-refractivity contribution in [2.75, 3.05) is 0 Å². The fourth-order valence-electron chi connectivity index (χ4n) is 2.01. The lowest BCUT2D eigenvalue weighted by molar-refractivity contribution is -0.0500. The van der Waals surface area contributed by atoms with E-state index < -0.39 is 27.2 Å². The van der Waals surface area contributed by atoms with Crippen LogP contribution in [-0.4, -0.2) is 24.3 Å². The highest BCUT2D eigenvalue weighted by Gasteiger charge is 2.49. The van der Waals surface area contributed by atoms with E-state index in [1.807, 2.05) is 0 Å². The number of fused-ring (bicyclic) bond motifs is 1. The second kappa shape index (κ2) is 4.26. The maximum atomic E-state index is 12.3. The molecule has 1 aromatic rings. The monoisotopic (exact) mass is 297 g/mol. The number of ketones is 1. The molecule has 19 heavy (non-hydrogen) atoms. The number of carbonyl (C=O) groups excluding carboxylic acids is 1. The molecule has 1 aromatic heterocycles. The molecule has 0 spiro atoms. The number of halogens is 3. The first-order chi connectivity index (χ1) is 8.63. The molecule has 0 aromatic carbocycles.